The SMILES string of the molecule is CCCCC/C=C\CC/C(=C\C1CCCCC1)B1OC(C)(C)C(C)(C)O1. The van der Waals surface area contributed by atoms with Crippen LogP contribution in [0.15, 0.2) is 23.7 Å². The maximum Gasteiger partial charge on any atom is 0.490 e. The highest BCUT2D eigenvalue weighted by Gasteiger charge is 2.52. The molecule has 1 saturated carbocycles. The van der Waals surface area contributed by atoms with Crippen LogP contribution in [0.5, 0.6) is 0 Å². The molecular formula is C23H41BO2. The molecule has 0 aromatic heterocycles. The summed E-state index contributed by atoms with van der Waals surface area (Å²) >= 11 is 0. The van der Waals surface area contributed by atoms with Crippen molar-refractivity contribution in [1.29, 1.82) is 0 Å². The smallest absolute Gasteiger partial charge is 0.400 e. The minimum atomic E-state index is -0.251. The van der Waals surface area contributed by atoms with Gasteiger partial charge in [0.25, 0.3) is 0 Å². The van der Waals surface area contributed by atoms with Crippen LogP contribution in [-0.4, -0.2) is 18.3 Å². The Morgan fingerprint density at radius 2 is 1.54 bits per heavy atom. The molecular weight excluding hydrogens is 319 g/mol. The molecule has 0 aromatic rings. The van der Waals surface area contributed by atoms with Gasteiger partial charge in [-0.1, -0.05) is 57.3 Å². The lowest BCUT2D eigenvalue weighted by molar-refractivity contribution is 0.00578. The van der Waals surface area contributed by atoms with Crippen LogP contribution >= 0.6 is 0 Å². The molecule has 0 radical (unpaired) electrons. The largest absolute Gasteiger partial charge is 0.490 e. The fourth-order valence-electron chi connectivity index (χ4n) is 3.88. The maximum absolute atomic E-state index is 6.36. The number of hydrogen-bond acceptors (Lipinski definition) is 2. The third-order valence-corrected chi connectivity index (χ3v) is 6.40. The van der Waals surface area contributed by atoms with E-state index in [9.17, 15) is 0 Å². The van der Waals surface area contributed by atoms with Crippen molar-refractivity contribution in [3.05, 3.63) is 23.7 Å². The molecule has 0 atom stereocenters. The average Bonchev–Trinajstić information content (AvgIpc) is 2.81. The zero-order valence-corrected chi connectivity index (χ0v) is 18.0. The first kappa shape index (κ1) is 21.8. The lowest BCUT2D eigenvalue weighted by Gasteiger charge is -2.32. The van der Waals surface area contributed by atoms with E-state index in [2.05, 4.69) is 52.8 Å². The molecule has 2 nitrogen and oxygen atoms in total. The second-order valence-electron chi connectivity index (χ2n) is 9.23. The minimum absolute atomic E-state index is 0.171. The third kappa shape index (κ3) is 6.27. The van der Waals surface area contributed by atoms with E-state index in [-0.39, 0.29) is 18.3 Å². The van der Waals surface area contributed by atoms with E-state index < -0.39 is 0 Å². The van der Waals surface area contributed by atoms with Crippen molar-refractivity contribution in [2.24, 2.45) is 5.92 Å². The number of allylic oxidation sites excluding steroid dienone is 4. The Kier molecular flexibility index (Phi) is 8.48. The fourth-order valence-corrected chi connectivity index (χ4v) is 3.88. The molecule has 148 valence electrons. The second-order valence-corrected chi connectivity index (χ2v) is 9.23. The molecule has 2 fully saturated rings. The molecule has 2 rings (SSSR count). The first-order valence-electron chi connectivity index (χ1n) is 11.1. The van der Waals surface area contributed by atoms with Gasteiger partial charge in [0.2, 0.25) is 0 Å². The molecule has 0 spiro atoms. The summed E-state index contributed by atoms with van der Waals surface area (Å²) in [5.41, 5.74) is 0.868. The van der Waals surface area contributed by atoms with Gasteiger partial charge in [0.05, 0.1) is 11.2 Å². The van der Waals surface area contributed by atoms with Crippen LogP contribution in [-0.2, 0) is 9.31 Å². The van der Waals surface area contributed by atoms with Gasteiger partial charge >= 0.3 is 7.12 Å². The standard InChI is InChI=1S/C23H41BO2/c1-6-7-8-9-10-11-15-18-21(19-20-16-13-12-14-17-20)24-25-22(2,3)23(4,5)26-24/h10-11,19-20H,6-9,12-18H2,1-5H3/b11-10-,21-19+. The van der Waals surface area contributed by atoms with Gasteiger partial charge in [-0.25, -0.2) is 0 Å². The van der Waals surface area contributed by atoms with Gasteiger partial charge in [0, 0.05) is 0 Å². The Labute approximate surface area is 162 Å². The van der Waals surface area contributed by atoms with Gasteiger partial charge < -0.3 is 9.31 Å². The van der Waals surface area contributed by atoms with Crippen molar-refractivity contribution in [3.63, 3.8) is 0 Å². The van der Waals surface area contributed by atoms with Crippen molar-refractivity contribution < 1.29 is 9.31 Å². The summed E-state index contributed by atoms with van der Waals surface area (Å²) in [4.78, 5) is 0. The molecule has 0 unspecified atom stereocenters. The first-order valence-corrected chi connectivity index (χ1v) is 11.1. The Morgan fingerprint density at radius 1 is 0.923 bits per heavy atom. The molecule has 1 heterocycles. The van der Waals surface area contributed by atoms with Gasteiger partial charge in [-0.05, 0) is 77.6 Å². The van der Waals surface area contributed by atoms with Gasteiger partial charge in [-0.2, -0.15) is 0 Å². The molecule has 2 aliphatic rings. The van der Waals surface area contributed by atoms with Crippen molar-refractivity contribution in [2.45, 2.75) is 116 Å². The second kappa shape index (κ2) is 10.1. The van der Waals surface area contributed by atoms with E-state index in [1.54, 1.807) is 0 Å². The molecule has 3 heteroatoms. The lowest BCUT2D eigenvalue weighted by atomic mass is 9.72. The van der Waals surface area contributed by atoms with Gasteiger partial charge in [0.15, 0.2) is 0 Å². The zero-order chi connectivity index (χ0) is 19.0. The van der Waals surface area contributed by atoms with Gasteiger partial charge in [-0.15, -0.1) is 0 Å². The molecule has 26 heavy (non-hydrogen) atoms. The van der Waals surface area contributed by atoms with Crippen LogP contribution < -0.4 is 0 Å². The van der Waals surface area contributed by atoms with Gasteiger partial charge in [-0.3, -0.25) is 0 Å². The maximum atomic E-state index is 6.36. The molecule has 0 aromatic carbocycles. The summed E-state index contributed by atoms with van der Waals surface area (Å²) in [6.07, 6.45) is 21.3. The summed E-state index contributed by atoms with van der Waals surface area (Å²) in [7, 11) is -0.171. The third-order valence-electron chi connectivity index (χ3n) is 6.40. The van der Waals surface area contributed by atoms with Crippen molar-refractivity contribution in [2.75, 3.05) is 0 Å². The minimum Gasteiger partial charge on any atom is -0.400 e. The van der Waals surface area contributed by atoms with Crippen molar-refractivity contribution in [3.8, 4) is 0 Å². The number of unbranched alkanes of at least 4 members (excludes halogenated alkanes) is 3. The summed E-state index contributed by atoms with van der Waals surface area (Å²) in [5.74, 6) is 0.714. The predicted octanol–water partition coefficient (Wildman–Crippen LogP) is 7.04. The van der Waals surface area contributed by atoms with E-state index >= 15 is 0 Å². The normalized spacial score (nSPS) is 23.9. The zero-order valence-electron chi connectivity index (χ0n) is 18.0. The molecule has 0 bridgehead atoms. The van der Waals surface area contributed by atoms with Crippen LogP contribution in [0.2, 0.25) is 0 Å². The highest BCUT2D eigenvalue weighted by Crippen LogP contribution is 2.40. The fraction of sp³-hybridized carbons (Fsp3) is 0.826. The van der Waals surface area contributed by atoms with E-state index in [0.717, 1.165) is 12.8 Å². The highest BCUT2D eigenvalue weighted by atomic mass is 16.7. The van der Waals surface area contributed by atoms with E-state index in [4.69, 9.17) is 9.31 Å². The van der Waals surface area contributed by atoms with E-state index in [1.165, 1.54) is 63.3 Å². The quantitative estimate of drug-likeness (QED) is 0.249. The Hall–Kier alpha value is -0.535. The molecule has 0 amide bonds. The summed E-state index contributed by atoms with van der Waals surface area (Å²) in [6.45, 7) is 10.9. The van der Waals surface area contributed by atoms with Crippen LogP contribution in [0.25, 0.3) is 0 Å². The number of rotatable bonds is 9. The van der Waals surface area contributed by atoms with E-state index in [1.807, 2.05) is 0 Å². The summed E-state index contributed by atoms with van der Waals surface area (Å²) in [6, 6.07) is 0. The van der Waals surface area contributed by atoms with Gasteiger partial charge in [0.1, 0.15) is 0 Å². The molecule has 1 aliphatic heterocycles. The predicted molar refractivity (Wildman–Crippen MR) is 113 cm³/mol. The topological polar surface area (TPSA) is 18.5 Å². The van der Waals surface area contributed by atoms with Crippen LogP contribution in [0, 0.1) is 5.92 Å². The number of hydrogen-bond donors (Lipinski definition) is 0. The van der Waals surface area contributed by atoms with E-state index in [0.29, 0.717) is 5.92 Å². The summed E-state index contributed by atoms with van der Waals surface area (Å²) < 4.78 is 12.7. The summed E-state index contributed by atoms with van der Waals surface area (Å²) in [5, 5.41) is 0. The monoisotopic (exact) mass is 360 g/mol. The Balaban J connectivity index is 1.97. The lowest BCUT2D eigenvalue weighted by Crippen LogP contribution is -2.41. The average molecular weight is 360 g/mol. The molecule has 1 aliphatic carbocycles. The molecule has 1 saturated heterocycles. The van der Waals surface area contributed by atoms with Crippen LogP contribution in [0.1, 0.15) is 105 Å². The first-order chi connectivity index (χ1) is 12.4. The highest BCUT2D eigenvalue weighted by molar-refractivity contribution is 6.54. The van der Waals surface area contributed by atoms with Crippen LogP contribution in [0.4, 0.5) is 0 Å². The van der Waals surface area contributed by atoms with Crippen molar-refractivity contribution >= 4 is 7.12 Å². The Morgan fingerprint density at radius 3 is 2.15 bits per heavy atom. The van der Waals surface area contributed by atoms with Crippen LogP contribution in [0.3, 0.4) is 0 Å². The molecule has 0 N–H and O–H groups in total. The Bertz CT molecular complexity index is 457. The van der Waals surface area contributed by atoms with Crippen molar-refractivity contribution in [1.82, 2.24) is 0 Å².